The second-order valence-electron chi connectivity index (χ2n) is 8.71. The van der Waals surface area contributed by atoms with Crippen LogP contribution in [0.4, 0.5) is 11.6 Å². The first-order chi connectivity index (χ1) is 17.9. The Balaban J connectivity index is 1.19. The van der Waals surface area contributed by atoms with Crippen molar-refractivity contribution in [3.05, 3.63) is 87.0 Å². The number of hydrogen-bond acceptors (Lipinski definition) is 7. The number of thiazole rings is 1. The molecule has 10 heteroatoms. The van der Waals surface area contributed by atoms with Gasteiger partial charge in [0.15, 0.2) is 0 Å². The van der Waals surface area contributed by atoms with Crippen molar-refractivity contribution in [2.24, 2.45) is 0 Å². The van der Waals surface area contributed by atoms with Gasteiger partial charge >= 0.3 is 0 Å². The predicted octanol–water partition coefficient (Wildman–Crippen LogP) is 5.21. The highest BCUT2D eigenvalue weighted by Gasteiger charge is 2.27. The Kier molecular flexibility index (Phi) is 7.16. The third-order valence-electron chi connectivity index (χ3n) is 6.14. The Labute approximate surface area is 224 Å². The molecule has 37 heavy (non-hydrogen) atoms. The lowest BCUT2D eigenvalue weighted by Gasteiger charge is -2.34. The largest absolute Gasteiger partial charge is 0.335 e. The summed E-state index contributed by atoms with van der Waals surface area (Å²) >= 11 is 7.40. The number of halogens is 1. The number of benzene rings is 2. The van der Waals surface area contributed by atoms with Crippen LogP contribution in [0.3, 0.4) is 0 Å². The summed E-state index contributed by atoms with van der Waals surface area (Å²) < 4.78 is 0. The third kappa shape index (κ3) is 5.63. The topological polar surface area (TPSA) is 91.3 Å². The van der Waals surface area contributed by atoms with Crippen molar-refractivity contribution < 1.29 is 9.59 Å². The molecule has 2 aromatic heterocycles. The van der Waals surface area contributed by atoms with Gasteiger partial charge in [-0.1, -0.05) is 23.7 Å². The normalized spacial score (nSPS) is 13.5. The van der Waals surface area contributed by atoms with Gasteiger partial charge in [0.2, 0.25) is 5.95 Å². The first-order valence-electron chi connectivity index (χ1n) is 11.9. The summed E-state index contributed by atoms with van der Waals surface area (Å²) in [7, 11) is 0. The number of nitrogens with zero attached hydrogens (tertiary/aromatic N) is 5. The molecule has 1 fully saturated rings. The van der Waals surface area contributed by atoms with E-state index in [2.05, 4.69) is 20.3 Å². The fourth-order valence-electron chi connectivity index (χ4n) is 4.19. The summed E-state index contributed by atoms with van der Waals surface area (Å²) in [5.74, 6) is 0.399. The van der Waals surface area contributed by atoms with E-state index in [9.17, 15) is 9.59 Å². The maximum atomic E-state index is 13.1. The molecule has 0 bridgehead atoms. The van der Waals surface area contributed by atoms with E-state index in [1.165, 1.54) is 11.3 Å². The molecule has 0 aliphatic carbocycles. The van der Waals surface area contributed by atoms with Crippen molar-refractivity contribution in [3.8, 4) is 11.3 Å². The molecule has 1 aliphatic rings. The van der Waals surface area contributed by atoms with Crippen molar-refractivity contribution in [3.63, 3.8) is 0 Å². The molecule has 0 saturated carbocycles. The highest BCUT2D eigenvalue weighted by Crippen LogP contribution is 2.23. The van der Waals surface area contributed by atoms with Crippen molar-refractivity contribution in [2.75, 3.05) is 31.5 Å². The molecule has 1 saturated heterocycles. The Bertz CT molecular complexity index is 1430. The lowest BCUT2D eigenvalue weighted by atomic mass is 10.1. The van der Waals surface area contributed by atoms with Crippen molar-refractivity contribution >= 4 is 46.4 Å². The highest BCUT2D eigenvalue weighted by molar-refractivity contribution is 7.13. The minimum absolute atomic E-state index is 0.00650. The minimum Gasteiger partial charge on any atom is -0.335 e. The van der Waals surface area contributed by atoms with Gasteiger partial charge in [-0.3, -0.25) is 9.59 Å². The standard InChI is InChI=1S/C27H25ClN6O2S/c1-17-24(37-18(2)30-17)26(36)34-15-13-33(14-16-34)25(35)20-5-9-22(10-6-20)31-27-29-12-11-23(32-27)19-3-7-21(28)8-4-19/h3-12H,13-16H2,1-2H3,(H,29,31,32). The van der Waals surface area contributed by atoms with Crippen LogP contribution in [0.5, 0.6) is 0 Å². The van der Waals surface area contributed by atoms with Gasteiger partial charge in [-0.2, -0.15) is 0 Å². The summed E-state index contributed by atoms with van der Waals surface area (Å²) in [4.78, 5) is 43.4. The Hall–Kier alpha value is -3.82. The van der Waals surface area contributed by atoms with E-state index in [1.807, 2.05) is 56.3 Å². The number of anilines is 2. The molecule has 5 rings (SSSR count). The summed E-state index contributed by atoms with van der Waals surface area (Å²) in [6.07, 6.45) is 1.69. The van der Waals surface area contributed by atoms with E-state index in [4.69, 9.17) is 11.6 Å². The van der Waals surface area contributed by atoms with Gasteiger partial charge in [-0.05, 0) is 56.3 Å². The number of aromatic nitrogens is 3. The van der Waals surface area contributed by atoms with Gasteiger partial charge in [-0.25, -0.2) is 15.0 Å². The van der Waals surface area contributed by atoms with E-state index in [0.717, 1.165) is 27.6 Å². The number of rotatable bonds is 5. The molecule has 1 N–H and O–H groups in total. The number of aryl methyl sites for hydroxylation is 2. The molecule has 1 aliphatic heterocycles. The average Bonchev–Trinajstić information content (AvgIpc) is 3.26. The summed E-state index contributed by atoms with van der Waals surface area (Å²) in [6.45, 7) is 5.75. The SMILES string of the molecule is Cc1nc(C)c(C(=O)N2CCN(C(=O)c3ccc(Nc4nccc(-c5ccc(Cl)cc5)n4)cc3)CC2)s1. The van der Waals surface area contributed by atoms with Gasteiger partial charge in [0.25, 0.3) is 11.8 Å². The summed E-state index contributed by atoms with van der Waals surface area (Å²) in [5, 5.41) is 4.74. The summed E-state index contributed by atoms with van der Waals surface area (Å²) in [5.41, 5.74) is 3.85. The quantitative estimate of drug-likeness (QED) is 0.379. The molecule has 2 aromatic carbocycles. The van der Waals surface area contributed by atoms with Crippen LogP contribution in [0.15, 0.2) is 60.8 Å². The van der Waals surface area contributed by atoms with Gasteiger partial charge in [-0.15, -0.1) is 11.3 Å². The lowest BCUT2D eigenvalue weighted by Crippen LogP contribution is -2.50. The van der Waals surface area contributed by atoms with E-state index < -0.39 is 0 Å². The maximum absolute atomic E-state index is 13.1. The van der Waals surface area contributed by atoms with Crippen LogP contribution in [-0.4, -0.2) is 62.7 Å². The van der Waals surface area contributed by atoms with Crippen LogP contribution >= 0.6 is 22.9 Å². The van der Waals surface area contributed by atoms with Gasteiger partial charge in [0.1, 0.15) is 4.88 Å². The van der Waals surface area contributed by atoms with Gasteiger partial charge in [0.05, 0.1) is 16.4 Å². The van der Waals surface area contributed by atoms with E-state index >= 15 is 0 Å². The average molecular weight is 533 g/mol. The molecular formula is C27H25ClN6O2S. The van der Waals surface area contributed by atoms with Crippen LogP contribution in [0.1, 0.15) is 30.7 Å². The van der Waals surface area contributed by atoms with E-state index in [-0.39, 0.29) is 11.8 Å². The molecule has 3 heterocycles. The van der Waals surface area contributed by atoms with Crippen molar-refractivity contribution in [2.45, 2.75) is 13.8 Å². The Morgan fingerprint density at radius 2 is 1.51 bits per heavy atom. The molecule has 8 nitrogen and oxygen atoms in total. The first kappa shape index (κ1) is 24.9. The van der Waals surface area contributed by atoms with Crippen LogP contribution in [0.2, 0.25) is 5.02 Å². The fourth-order valence-corrected chi connectivity index (χ4v) is 5.21. The number of nitrogens with one attached hydrogen (secondary N) is 1. The molecule has 2 amide bonds. The van der Waals surface area contributed by atoms with Crippen molar-refractivity contribution in [1.29, 1.82) is 0 Å². The Morgan fingerprint density at radius 3 is 2.14 bits per heavy atom. The predicted molar refractivity (Wildman–Crippen MR) is 146 cm³/mol. The molecular weight excluding hydrogens is 508 g/mol. The van der Waals surface area contributed by atoms with Crippen LogP contribution in [0, 0.1) is 13.8 Å². The minimum atomic E-state index is -0.0514. The number of carbonyl (C=O) groups is 2. The number of amides is 2. The maximum Gasteiger partial charge on any atom is 0.265 e. The van der Waals surface area contributed by atoms with Crippen LogP contribution in [0.25, 0.3) is 11.3 Å². The molecule has 0 atom stereocenters. The zero-order valence-corrected chi connectivity index (χ0v) is 22.0. The Morgan fingerprint density at radius 1 is 0.865 bits per heavy atom. The molecule has 0 spiro atoms. The van der Waals surface area contributed by atoms with Gasteiger partial charge < -0.3 is 15.1 Å². The molecule has 0 unspecified atom stereocenters. The van der Waals surface area contributed by atoms with Crippen molar-refractivity contribution in [1.82, 2.24) is 24.8 Å². The zero-order valence-electron chi connectivity index (χ0n) is 20.4. The second kappa shape index (κ2) is 10.7. The van der Waals surface area contributed by atoms with Crippen LogP contribution < -0.4 is 5.32 Å². The number of carbonyl (C=O) groups excluding carboxylic acids is 2. The highest BCUT2D eigenvalue weighted by atomic mass is 35.5. The number of hydrogen-bond donors (Lipinski definition) is 1. The fraction of sp³-hybridized carbons (Fsp3) is 0.222. The molecule has 4 aromatic rings. The molecule has 188 valence electrons. The lowest BCUT2D eigenvalue weighted by molar-refractivity contribution is 0.0537. The zero-order chi connectivity index (χ0) is 25.9. The first-order valence-corrected chi connectivity index (χ1v) is 13.1. The van der Waals surface area contributed by atoms with Crippen LogP contribution in [-0.2, 0) is 0 Å². The van der Waals surface area contributed by atoms with E-state index in [0.29, 0.717) is 47.6 Å². The summed E-state index contributed by atoms with van der Waals surface area (Å²) in [6, 6.07) is 16.5. The molecule has 0 radical (unpaired) electrons. The smallest absolute Gasteiger partial charge is 0.265 e. The van der Waals surface area contributed by atoms with E-state index in [1.54, 1.807) is 28.1 Å². The third-order valence-corrected chi connectivity index (χ3v) is 7.45. The number of piperazine rings is 1. The monoisotopic (exact) mass is 532 g/mol. The second-order valence-corrected chi connectivity index (χ2v) is 10.3. The van der Waals surface area contributed by atoms with Gasteiger partial charge in [0, 0.05) is 54.2 Å².